The lowest BCUT2D eigenvalue weighted by Crippen LogP contribution is -2.49. The largest absolute Gasteiger partial charge is 0.371 e. The van der Waals surface area contributed by atoms with Crippen molar-refractivity contribution in [2.45, 2.75) is 25.9 Å². The number of nitriles is 1. The van der Waals surface area contributed by atoms with Gasteiger partial charge in [0.25, 0.3) is 0 Å². The first kappa shape index (κ1) is 17.3. The third-order valence-corrected chi connectivity index (χ3v) is 5.54. The highest BCUT2D eigenvalue weighted by molar-refractivity contribution is 5.95. The summed E-state index contributed by atoms with van der Waals surface area (Å²) in [5.41, 5.74) is 2.43. The van der Waals surface area contributed by atoms with Crippen LogP contribution >= 0.6 is 0 Å². The predicted molar refractivity (Wildman–Crippen MR) is 105 cm³/mol. The van der Waals surface area contributed by atoms with Crippen LogP contribution in [0, 0.1) is 17.2 Å². The second kappa shape index (κ2) is 7.28. The molecule has 1 aromatic carbocycles. The van der Waals surface area contributed by atoms with Crippen LogP contribution in [0.15, 0.2) is 42.7 Å². The molecule has 1 saturated heterocycles. The van der Waals surface area contributed by atoms with Crippen LogP contribution in [0.3, 0.4) is 0 Å². The van der Waals surface area contributed by atoms with Crippen molar-refractivity contribution in [3.63, 3.8) is 0 Å². The number of carbonyl (C=O) groups is 1. The molecule has 0 aliphatic carbocycles. The van der Waals surface area contributed by atoms with E-state index in [4.69, 9.17) is 0 Å². The molecule has 1 fully saturated rings. The molecule has 1 amide bonds. The molecular weight excluding hydrogens is 338 g/mol. The summed E-state index contributed by atoms with van der Waals surface area (Å²) in [7, 11) is 0. The number of anilines is 1. The zero-order valence-electron chi connectivity index (χ0n) is 15.4. The van der Waals surface area contributed by atoms with Crippen molar-refractivity contribution in [3.8, 4) is 6.07 Å². The molecule has 1 unspecified atom stereocenters. The van der Waals surface area contributed by atoms with E-state index < -0.39 is 0 Å². The third kappa shape index (κ3) is 3.33. The maximum atomic E-state index is 12.6. The average Bonchev–Trinajstić information content (AvgIpc) is 2.65. The number of amides is 1. The van der Waals surface area contributed by atoms with Crippen LogP contribution in [0.1, 0.15) is 25.3 Å². The fourth-order valence-electron chi connectivity index (χ4n) is 3.83. The molecule has 2 aromatic rings. The summed E-state index contributed by atoms with van der Waals surface area (Å²) in [6.07, 6.45) is 7.52. The van der Waals surface area contributed by atoms with Gasteiger partial charge in [0, 0.05) is 42.8 Å². The molecule has 0 bridgehead atoms. The van der Waals surface area contributed by atoms with Gasteiger partial charge in [-0.25, -0.2) is 0 Å². The van der Waals surface area contributed by atoms with Crippen molar-refractivity contribution in [2.24, 2.45) is 5.92 Å². The molecule has 138 valence electrons. The second-order valence-electron chi connectivity index (χ2n) is 7.17. The number of hydrogen-bond donors (Lipinski definition) is 1. The summed E-state index contributed by atoms with van der Waals surface area (Å²) in [6.45, 7) is 4.57. The van der Waals surface area contributed by atoms with Crippen molar-refractivity contribution in [3.05, 3.63) is 48.3 Å². The van der Waals surface area contributed by atoms with E-state index in [0.717, 1.165) is 49.1 Å². The van der Waals surface area contributed by atoms with Gasteiger partial charge in [0.15, 0.2) is 0 Å². The second-order valence-corrected chi connectivity index (χ2v) is 7.17. The molecule has 27 heavy (non-hydrogen) atoms. The van der Waals surface area contributed by atoms with Crippen molar-refractivity contribution in [1.82, 2.24) is 15.2 Å². The van der Waals surface area contributed by atoms with Crippen LogP contribution in [0.2, 0.25) is 0 Å². The topological polar surface area (TPSA) is 72.3 Å². The minimum Gasteiger partial charge on any atom is -0.371 e. The summed E-state index contributed by atoms with van der Waals surface area (Å²) in [6, 6.07) is 9.97. The molecule has 6 nitrogen and oxygen atoms in total. The summed E-state index contributed by atoms with van der Waals surface area (Å²) in [5, 5.41) is 13.4. The van der Waals surface area contributed by atoms with Crippen LogP contribution < -0.4 is 10.2 Å². The van der Waals surface area contributed by atoms with Gasteiger partial charge in [-0.3, -0.25) is 9.78 Å². The van der Waals surface area contributed by atoms with E-state index in [9.17, 15) is 10.1 Å². The number of carbonyl (C=O) groups excluding carboxylic acids is 1. The van der Waals surface area contributed by atoms with Gasteiger partial charge >= 0.3 is 0 Å². The predicted octanol–water partition coefficient (Wildman–Crippen LogP) is 2.61. The maximum Gasteiger partial charge on any atom is 0.224 e. The lowest BCUT2D eigenvalue weighted by Gasteiger charge is -2.36. The van der Waals surface area contributed by atoms with E-state index in [1.807, 2.05) is 37.4 Å². The van der Waals surface area contributed by atoms with Crippen molar-refractivity contribution < 1.29 is 4.79 Å². The van der Waals surface area contributed by atoms with Crippen molar-refractivity contribution in [2.75, 3.05) is 24.5 Å². The monoisotopic (exact) mass is 361 g/mol. The SMILES string of the molecule is CC(NC(=O)C1CCN(c2ccc(C#N)c3ncccc23)CC1)N1C=CC1. The molecule has 0 radical (unpaired) electrons. The molecule has 3 heterocycles. The molecule has 1 atom stereocenters. The first-order valence-electron chi connectivity index (χ1n) is 9.43. The molecule has 1 aromatic heterocycles. The van der Waals surface area contributed by atoms with Gasteiger partial charge in [-0.15, -0.1) is 0 Å². The molecular formula is C21H23N5O. The number of nitrogens with one attached hydrogen (secondary N) is 1. The number of pyridine rings is 1. The van der Waals surface area contributed by atoms with Crippen LogP contribution in [0.4, 0.5) is 5.69 Å². The fourth-order valence-corrected chi connectivity index (χ4v) is 3.83. The minimum atomic E-state index is 0.0501. The zero-order chi connectivity index (χ0) is 18.8. The molecule has 0 spiro atoms. The highest BCUT2D eigenvalue weighted by atomic mass is 16.2. The molecule has 2 aliphatic heterocycles. The molecule has 6 heteroatoms. The van der Waals surface area contributed by atoms with Crippen LogP contribution in [-0.4, -0.2) is 41.6 Å². The summed E-state index contributed by atoms with van der Waals surface area (Å²) >= 11 is 0. The Morgan fingerprint density at radius 2 is 2.11 bits per heavy atom. The number of benzene rings is 1. The number of aromatic nitrogens is 1. The van der Waals surface area contributed by atoms with E-state index in [2.05, 4.69) is 32.2 Å². The molecule has 4 rings (SSSR count). The summed E-state index contributed by atoms with van der Waals surface area (Å²) < 4.78 is 0. The smallest absolute Gasteiger partial charge is 0.224 e. The Labute approximate surface area is 159 Å². The zero-order valence-corrected chi connectivity index (χ0v) is 15.4. The van der Waals surface area contributed by atoms with E-state index in [1.165, 1.54) is 0 Å². The lowest BCUT2D eigenvalue weighted by molar-refractivity contribution is -0.127. The Morgan fingerprint density at radius 3 is 2.78 bits per heavy atom. The Balaban J connectivity index is 1.44. The lowest BCUT2D eigenvalue weighted by atomic mass is 9.94. The summed E-state index contributed by atoms with van der Waals surface area (Å²) in [5.74, 6) is 0.200. The van der Waals surface area contributed by atoms with E-state index in [-0.39, 0.29) is 18.0 Å². The van der Waals surface area contributed by atoms with Crippen LogP contribution in [0.25, 0.3) is 10.9 Å². The number of hydrogen-bond acceptors (Lipinski definition) is 5. The molecule has 0 saturated carbocycles. The van der Waals surface area contributed by atoms with Crippen LogP contribution in [-0.2, 0) is 4.79 Å². The Kier molecular flexibility index (Phi) is 4.68. The van der Waals surface area contributed by atoms with Crippen molar-refractivity contribution in [1.29, 1.82) is 5.26 Å². The van der Waals surface area contributed by atoms with Gasteiger partial charge in [-0.2, -0.15) is 5.26 Å². The van der Waals surface area contributed by atoms with Crippen LogP contribution in [0.5, 0.6) is 0 Å². The van der Waals surface area contributed by atoms with E-state index in [1.54, 1.807) is 6.20 Å². The van der Waals surface area contributed by atoms with Gasteiger partial charge in [0.05, 0.1) is 17.2 Å². The first-order chi connectivity index (χ1) is 13.2. The average molecular weight is 361 g/mol. The Hall–Kier alpha value is -3.07. The normalized spacial score (nSPS) is 18.1. The fraction of sp³-hybridized carbons (Fsp3) is 0.381. The van der Waals surface area contributed by atoms with Gasteiger partial charge in [-0.1, -0.05) is 0 Å². The van der Waals surface area contributed by atoms with Gasteiger partial charge in [-0.05, 0) is 56.3 Å². The molecule has 2 aliphatic rings. The highest BCUT2D eigenvalue weighted by Crippen LogP contribution is 2.31. The van der Waals surface area contributed by atoms with Crippen molar-refractivity contribution >= 4 is 22.5 Å². The Bertz CT molecular complexity index is 924. The first-order valence-corrected chi connectivity index (χ1v) is 9.43. The van der Waals surface area contributed by atoms with Gasteiger partial charge in [0.2, 0.25) is 5.91 Å². The highest BCUT2D eigenvalue weighted by Gasteiger charge is 2.27. The molecule has 1 N–H and O–H groups in total. The van der Waals surface area contributed by atoms with Gasteiger partial charge < -0.3 is 15.1 Å². The number of nitrogens with zero attached hydrogens (tertiary/aromatic N) is 4. The standard InChI is InChI=1S/C21H23N5O/c1-15(25-10-3-11-25)24-21(27)16-7-12-26(13-8-16)19-6-5-17(14-22)20-18(19)4-2-9-23-20/h2-6,9-10,15-16H,7-8,11-13H2,1H3,(H,24,27). The van der Waals surface area contributed by atoms with E-state index in [0.29, 0.717) is 5.56 Å². The number of rotatable bonds is 4. The maximum absolute atomic E-state index is 12.6. The summed E-state index contributed by atoms with van der Waals surface area (Å²) in [4.78, 5) is 21.4. The van der Waals surface area contributed by atoms with E-state index >= 15 is 0 Å². The number of fused-ring (bicyclic) bond motifs is 1. The quantitative estimate of drug-likeness (QED) is 0.906. The third-order valence-electron chi connectivity index (χ3n) is 5.54. The number of piperidine rings is 1. The Morgan fingerprint density at radius 1 is 1.33 bits per heavy atom. The van der Waals surface area contributed by atoms with Gasteiger partial charge in [0.1, 0.15) is 6.07 Å². The minimum absolute atomic E-state index is 0.0501.